The van der Waals surface area contributed by atoms with Gasteiger partial charge in [0.15, 0.2) is 0 Å². The third-order valence-electron chi connectivity index (χ3n) is 3.34. The molecule has 0 aromatic carbocycles. The van der Waals surface area contributed by atoms with Crippen molar-refractivity contribution in [2.45, 2.75) is 58.0 Å². The molecule has 0 aromatic rings. The van der Waals surface area contributed by atoms with Gasteiger partial charge in [0.05, 0.1) is 12.1 Å². The predicted molar refractivity (Wildman–Crippen MR) is 69.1 cm³/mol. The Morgan fingerprint density at radius 1 is 1.44 bits per heavy atom. The highest BCUT2D eigenvalue weighted by molar-refractivity contribution is 5.90. The van der Waals surface area contributed by atoms with Gasteiger partial charge in [-0.2, -0.15) is 0 Å². The van der Waals surface area contributed by atoms with Crippen molar-refractivity contribution in [3.05, 3.63) is 0 Å². The molecular weight excluding hydrogens is 232 g/mol. The zero-order valence-electron chi connectivity index (χ0n) is 11.5. The van der Waals surface area contributed by atoms with E-state index in [1.54, 1.807) is 13.8 Å². The summed E-state index contributed by atoms with van der Waals surface area (Å²) in [6.45, 7) is 6.66. The van der Waals surface area contributed by atoms with Gasteiger partial charge in [-0.25, -0.2) is 4.79 Å². The zero-order chi connectivity index (χ0) is 13.6. The highest BCUT2D eigenvalue weighted by Crippen LogP contribution is 2.25. The Morgan fingerprint density at radius 2 is 2.17 bits per heavy atom. The molecule has 5 nitrogen and oxygen atoms in total. The lowest BCUT2D eigenvalue weighted by Gasteiger charge is -2.29. The summed E-state index contributed by atoms with van der Waals surface area (Å²) < 4.78 is 4.89. The molecule has 1 aliphatic heterocycles. The topological polar surface area (TPSA) is 67.4 Å². The Balaban J connectivity index is 2.59. The first kappa shape index (κ1) is 15.0. The second-order valence-electron chi connectivity index (χ2n) is 4.81. The van der Waals surface area contributed by atoms with Gasteiger partial charge in [0, 0.05) is 0 Å². The number of hydrogen-bond acceptors (Lipinski definition) is 4. The second kappa shape index (κ2) is 6.73. The summed E-state index contributed by atoms with van der Waals surface area (Å²) in [5, 5.41) is 6.04. The van der Waals surface area contributed by atoms with Gasteiger partial charge in [0.2, 0.25) is 5.91 Å². The molecule has 5 heteroatoms. The first-order chi connectivity index (χ1) is 8.55. The third kappa shape index (κ3) is 3.45. The molecule has 1 rings (SSSR count). The van der Waals surface area contributed by atoms with Gasteiger partial charge < -0.3 is 15.4 Å². The van der Waals surface area contributed by atoms with Crippen LogP contribution < -0.4 is 10.6 Å². The van der Waals surface area contributed by atoms with E-state index in [0.717, 1.165) is 32.2 Å². The van der Waals surface area contributed by atoms with E-state index in [-0.39, 0.29) is 11.9 Å². The first-order valence-electron chi connectivity index (χ1n) is 6.78. The van der Waals surface area contributed by atoms with E-state index in [1.165, 1.54) is 0 Å². The number of rotatable bonds is 6. The van der Waals surface area contributed by atoms with Crippen LogP contribution in [0.4, 0.5) is 0 Å². The number of ether oxygens (including phenoxy) is 1. The molecule has 18 heavy (non-hydrogen) atoms. The molecule has 1 saturated heterocycles. The Hall–Kier alpha value is -1.10. The fraction of sp³-hybridized carbons (Fsp3) is 0.846. The average molecular weight is 256 g/mol. The fourth-order valence-corrected chi connectivity index (χ4v) is 2.41. The van der Waals surface area contributed by atoms with E-state index in [1.807, 2.05) is 0 Å². The minimum atomic E-state index is -0.589. The molecule has 0 aliphatic carbocycles. The molecule has 0 saturated carbocycles. The third-order valence-corrected chi connectivity index (χ3v) is 3.34. The summed E-state index contributed by atoms with van der Waals surface area (Å²) in [6.07, 6.45) is 3.58. The predicted octanol–water partition coefficient (Wildman–Crippen LogP) is 0.976. The van der Waals surface area contributed by atoms with E-state index in [0.29, 0.717) is 6.61 Å². The summed E-state index contributed by atoms with van der Waals surface area (Å²) in [4.78, 5) is 23.8. The molecule has 1 heterocycles. The highest BCUT2D eigenvalue weighted by atomic mass is 16.5. The molecule has 0 spiro atoms. The molecule has 1 amide bonds. The monoisotopic (exact) mass is 256 g/mol. The summed E-state index contributed by atoms with van der Waals surface area (Å²) in [5.74, 6) is -0.460. The van der Waals surface area contributed by atoms with E-state index >= 15 is 0 Å². The van der Waals surface area contributed by atoms with Crippen LogP contribution in [0, 0.1) is 0 Å². The van der Waals surface area contributed by atoms with Crippen LogP contribution >= 0.6 is 0 Å². The highest BCUT2D eigenvalue weighted by Gasteiger charge is 2.40. The average Bonchev–Trinajstić information content (AvgIpc) is 2.79. The SMILES string of the molecule is CCCC1(C(=O)NC(C)C(=O)OCC)CCCN1. The zero-order valence-corrected chi connectivity index (χ0v) is 11.5. The second-order valence-corrected chi connectivity index (χ2v) is 4.81. The van der Waals surface area contributed by atoms with Gasteiger partial charge in [-0.05, 0) is 39.7 Å². The van der Waals surface area contributed by atoms with Crippen LogP contribution in [-0.2, 0) is 14.3 Å². The van der Waals surface area contributed by atoms with Crippen molar-refractivity contribution < 1.29 is 14.3 Å². The van der Waals surface area contributed by atoms with Crippen molar-refractivity contribution in [2.24, 2.45) is 0 Å². The maximum atomic E-state index is 12.3. The normalized spacial score (nSPS) is 24.6. The van der Waals surface area contributed by atoms with Crippen LogP contribution in [0.15, 0.2) is 0 Å². The number of carbonyl (C=O) groups is 2. The Labute approximate surface area is 109 Å². The quantitative estimate of drug-likeness (QED) is 0.695. The lowest BCUT2D eigenvalue weighted by molar-refractivity contribution is -0.147. The Kier molecular flexibility index (Phi) is 5.59. The lowest BCUT2D eigenvalue weighted by Crippen LogP contribution is -2.56. The van der Waals surface area contributed by atoms with Crippen molar-refractivity contribution >= 4 is 11.9 Å². The van der Waals surface area contributed by atoms with Crippen molar-refractivity contribution in [3.63, 3.8) is 0 Å². The van der Waals surface area contributed by atoms with Crippen LogP contribution in [0.5, 0.6) is 0 Å². The Morgan fingerprint density at radius 3 is 2.67 bits per heavy atom. The van der Waals surface area contributed by atoms with Crippen molar-refractivity contribution in [2.75, 3.05) is 13.2 Å². The van der Waals surface area contributed by atoms with Crippen LogP contribution in [-0.4, -0.2) is 36.6 Å². The molecule has 2 N–H and O–H groups in total. The summed E-state index contributed by atoms with van der Waals surface area (Å²) in [5.41, 5.74) is -0.491. The maximum absolute atomic E-state index is 12.3. The fourth-order valence-electron chi connectivity index (χ4n) is 2.41. The van der Waals surface area contributed by atoms with E-state index in [4.69, 9.17) is 4.74 Å². The minimum absolute atomic E-state index is 0.0811. The largest absolute Gasteiger partial charge is 0.464 e. The van der Waals surface area contributed by atoms with E-state index < -0.39 is 11.6 Å². The lowest BCUT2D eigenvalue weighted by atomic mass is 9.90. The molecule has 1 fully saturated rings. The smallest absolute Gasteiger partial charge is 0.328 e. The van der Waals surface area contributed by atoms with Gasteiger partial charge in [0.25, 0.3) is 0 Å². The number of carbonyl (C=O) groups excluding carboxylic acids is 2. The van der Waals surface area contributed by atoms with Crippen molar-refractivity contribution in [3.8, 4) is 0 Å². The van der Waals surface area contributed by atoms with Crippen LogP contribution in [0.3, 0.4) is 0 Å². The molecule has 2 atom stereocenters. The van der Waals surface area contributed by atoms with Crippen molar-refractivity contribution in [1.82, 2.24) is 10.6 Å². The number of amides is 1. The maximum Gasteiger partial charge on any atom is 0.328 e. The molecule has 1 aliphatic rings. The summed E-state index contributed by atoms with van der Waals surface area (Å²) in [6, 6.07) is -0.589. The van der Waals surface area contributed by atoms with Gasteiger partial charge in [-0.15, -0.1) is 0 Å². The van der Waals surface area contributed by atoms with Crippen LogP contribution in [0.25, 0.3) is 0 Å². The van der Waals surface area contributed by atoms with Gasteiger partial charge in [-0.1, -0.05) is 13.3 Å². The minimum Gasteiger partial charge on any atom is -0.464 e. The Bertz CT molecular complexity index is 299. The number of nitrogens with one attached hydrogen (secondary N) is 2. The van der Waals surface area contributed by atoms with E-state index in [9.17, 15) is 9.59 Å². The van der Waals surface area contributed by atoms with Crippen LogP contribution in [0.2, 0.25) is 0 Å². The standard InChI is InChI=1S/C13H24N2O3/c1-4-7-13(8-6-9-14-13)12(17)15-10(3)11(16)18-5-2/h10,14H,4-9H2,1-3H3,(H,15,17). The molecular formula is C13H24N2O3. The van der Waals surface area contributed by atoms with Crippen LogP contribution in [0.1, 0.15) is 46.5 Å². The summed E-state index contributed by atoms with van der Waals surface area (Å²) in [7, 11) is 0. The number of hydrogen-bond donors (Lipinski definition) is 2. The summed E-state index contributed by atoms with van der Waals surface area (Å²) >= 11 is 0. The molecule has 2 unspecified atom stereocenters. The van der Waals surface area contributed by atoms with E-state index in [2.05, 4.69) is 17.6 Å². The molecule has 0 aromatic heterocycles. The first-order valence-corrected chi connectivity index (χ1v) is 6.78. The molecule has 0 bridgehead atoms. The van der Waals surface area contributed by atoms with Crippen molar-refractivity contribution in [1.29, 1.82) is 0 Å². The molecule has 0 radical (unpaired) electrons. The van der Waals surface area contributed by atoms with Gasteiger partial charge in [-0.3, -0.25) is 4.79 Å². The molecule has 104 valence electrons. The van der Waals surface area contributed by atoms with Gasteiger partial charge in [0.1, 0.15) is 6.04 Å². The van der Waals surface area contributed by atoms with Gasteiger partial charge >= 0.3 is 5.97 Å². The number of esters is 1.